The second-order valence-corrected chi connectivity index (χ2v) is 8.86. The first-order valence-electron chi connectivity index (χ1n) is 11.6. The standard InChI is InChI=1S/C26H37FN2O3/c1-19-9-11-22(27)14-21(19)16-28-15-20-10-12-25(26(13-20)31-3)32-18-24(30)17-29(2)23-7-5-4-6-8-23/h9-14,23-24,28,30H,4-8,15-18H2,1-3H3/t24-/m1/s1. The van der Waals surface area contributed by atoms with Gasteiger partial charge in [0.2, 0.25) is 0 Å². The van der Waals surface area contributed by atoms with E-state index >= 15 is 0 Å². The van der Waals surface area contributed by atoms with Crippen LogP contribution in [0.25, 0.3) is 0 Å². The van der Waals surface area contributed by atoms with Gasteiger partial charge in [0.15, 0.2) is 11.5 Å². The first-order chi connectivity index (χ1) is 15.5. The van der Waals surface area contributed by atoms with Crippen molar-refractivity contribution in [2.75, 3.05) is 27.3 Å². The number of aliphatic hydroxyl groups is 1. The summed E-state index contributed by atoms with van der Waals surface area (Å²) >= 11 is 0. The van der Waals surface area contributed by atoms with Crippen LogP contribution in [0.5, 0.6) is 11.5 Å². The molecular weight excluding hydrogens is 407 g/mol. The SMILES string of the molecule is COc1cc(CNCc2cc(F)ccc2C)ccc1OC[C@H](O)CN(C)C1CCCCC1. The number of rotatable bonds is 11. The van der Waals surface area contributed by atoms with Crippen LogP contribution >= 0.6 is 0 Å². The average Bonchev–Trinajstić information content (AvgIpc) is 2.80. The van der Waals surface area contributed by atoms with E-state index in [2.05, 4.69) is 17.3 Å². The van der Waals surface area contributed by atoms with Crippen LogP contribution in [-0.2, 0) is 13.1 Å². The Morgan fingerprint density at radius 3 is 2.62 bits per heavy atom. The fourth-order valence-corrected chi connectivity index (χ4v) is 4.36. The number of nitrogens with zero attached hydrogens (tertiary/aromatic N) is 1. The van der Waals surface area contributed by atoms with Crippen molar-refractivity contribution in [1.82, 2.24) is 10.2 Å². The van der Waals surface area contributed by atoms with Crippen molar-refractivity contribution in [3.05, 3.63) is 58.9 Å². The van der Waals surface area contributed by atoms with Crippen LogP contribution in [-0.4, -0.2) is 49.5 Å². The highest BCUT2D eigenvalue weighted by atomic mass is 19.1. The van der Waals surface area contributed by atoms with Crippen molar-refractivity contribution < 1.29 is 19.0 Å². The van der Waals surface area contributed by atoms with Gasteiger partial charge < -0.3 is 24.8 Å². The summed E-state index contributed by atoms with van der Waals surface area (Å²) in [6.07, 6.45) is 5.76. The number of aryl methyl sites for hydroxylation is 1. The van der Waals surface area contributed by atoms with E-state index < -0.39 is 6.10 Å². The third-order valence-corrected chi connectivity index (χ3v) is 6.31. The van der Waals surface area contributed by atoms with Gasteiger partial charge in [-0.15, -0.1) is 0 Å². The number of aliphatic hydroxyl groups excluding tert-OH is 1. The number of benzene rings is 2. The van der Waals surface area contributed by atoms with Crippen LogP contribution in [0.4, 0.5) is 4.39 Å². The van der Waals surface area contributed by atoms with Gasteiger partial charge in [-0.3, -0.25) is 0 Å². The molecule has 2 N–H and O–H groups in total. The average molecular weight is 445 g/mol. The zero-order chi connectivity index (χ0) is 22.9. The van der Waals surface area contributed by atoms with E-state index in [0.29, 0.717) is 37.2 Å². The molecule has 0 saturated heterocycles. The molecule has 0 amide bonds. The lowest BCUT2D eigenvalue weighted by Crippen LogP contribution is -2.40. The third kappa shape index (κ3) is 7.19. The predicted octanol–water partition coefficient (Wildman–Crippen LogP) is 4.44. The Bertz CT molecular complexity index is 855. The van der Waals surface area contributed by atoms with Gasteiger partial charge in [0.05, 0.1) is 7.11 Å². The summed E-state index contributed by atoms with van der Waals surface area (Å²) in [7, 11) is 3.70. The maximum Gasteiger partial charge on any atom is 0.161 e. The van der Waals surface area contributed by atoms with E-state index in [0.717, 1.165) is 16.7 Å². The molecule has 0 heterocycles. The number of hydrogen-bond donors (Lipinski definition) is 2. The van der Waals surface area contributed by atoms with E-state index in [1.807, 2.05) is 25.1 Å². The molecular formula is C26H37FN2O3. The van der Waals surface area contributed by atoms with Crippen LogP contribution in [0.1, 0.15) is 48.8 Å². The summed E-state index contributed by atoms with van der Waals surface area (Å²) in [5.41, 5.74) is 3.05. The molecule has 1 atom stereocenters. The summed E-state index contributed by atoms with van der Waals surface area (Å²) in [5.74, 6) is 1.04. The van der Waals surface area contributed by atoms with Gasteiger partial charge in [-0.05, 0) is 67.8 Å². The van der Waals surface area contributed by atoms with Crippen molar-refractivity contribution in [3.8, 4) is 11.5 Å². The Hall–Kier alpha value is -2.15. The van der Waals surface area contributed by atoms with Crippen molar-refractivity contribution in [2.24, 2.45) is 0 Å². The quantitative estimate of drug-likeness (QED) is 0.537. The van der Waals surface area contributed by atoms with Crippen molar-refractivity contribution >= 4 is 0 Å². The van der Waals surface area contributed by atoms with E-state index in [1.54, 1.807) is 19.2 Å². The van der Waals surface area contributed by atoms with Crippen LogP contribution in [0, 0.1) is 12.7 Å². The normalized spacial score (nSPS) is 15.7. The lowest BCUT2D eigenvalue weighted by molar-refractivity contribution is 0.0553. The van der Waals surface area contributed by atoms with Gasteiger partial charge in [0.1, 0.15) is 18.5 Å². The van der Waals surface area contributed by atoms with E-state index in [1.165, 1.54) is 38.2 Å². The molecule has 0 bridgehead atoms. The molecule has 0 aliphatic heterocycles. The number of methoxy groups -OCH3 is 1. The van der Waals surface area contributed by atoms with Gasteiger partial charge in [0.25, 0.3) is 0 Å². The third-order valence-electron chi connectivity index (χ3n) is 6.31. The number of halogens is 1. The molecule has 1 fully saturated rings. The summed E-state index contributed by atoms with van der Waals surface area (Å²) in [4.78, 5) is 2.26. The maximum absolute atomic E-state index is 13.5. The van der Waals surface area contributed by atoms with Crippen LogP contribution < -0.4 is 14.8 Å². The van der Waals surface area contributed by atoms with Crippen LogP contribution in [0.2, 0.25) is 0 Å². The van der Waals surface area contributed by atoms with E-state index in [-0.39, 0.29) is 12.4 Å². The minimum absolute atomic E-state index is 0.220. The molecule has 0 unspecified atom stereocenters. The Morgan fingerprint density at radius 2 is 1.88 bits per heavy atom. The van der Waals surface area contributed by atoms with Crippen molar-refractivity contribution in [2.45, 2.75) is 64.3 Å². The van der Waals surface area contributed by atoms with Gasteiger partial charge in [-0.2, -0.15) is 0 Å². The Morgan fingerprint density at radius 1 is 1.09 bits per heavy atom. The first kappa shape index (κ1) is 24.5. The number of ether oxygens (including phenoxy) is 2. The van der Waals surface area contributed by atoms with Crippen molar-refractivity contribution in [3.63, 3.8) is 0 Å². The topological polar surface area (TPSA) is 54.0 Å². The van der Waals surface area contributed by atoms with Gasteiger partial charge in [-0.1, -0.05) is 31.4 Å². The van der Waals surface area contributed by atoms with Crippen molar-refractivity contribution in [1.29, 1.82) is 0 Å². The number of nitrogens with one attached hydrogen (secondary N) is 1. The second-order valence-electron chi connectivity index (χ2n) is 8.86. The zero-order valence-electron chi connectivity index (χ0n) is 19.6. The molecule has 2 aromatic carbocycles. The van der Waals surface area contributed by atoms with Gasteiger partial charge in [0, 0.05) is 25.7 Å². The lowest BCUT2D eigenvalue weighted by atomic mass is 9.94. The molecule has 6 heteroatoms. The highest BCUT2D eigenvalue weighted by Crippen LogP contribution is 2.28. The smallest absolute Gasteiger partial charge is 0.161 e. The number of likely N-dealkylation sites (N-methyl/N-ethyl adjacent to an activating group) is 1. The molecule has 32 heavy (non-hydrogen) atoms. The maximum atomic E-state index is 13.5. The molecule has 176 valence electrons. The molecule has 2 aromatic rings. The number of hydrogen-bond acceptors (Lipinski definition) is 5. The summed E-state index contributed by atoms with van der Waals surface area (Å²) in [5, 5.41) is 13.8. The monoisotopic (exact) mass is 444 g/mol. The highest BCUT2D eigenvalue weighted by Gasteiger charge is 2.20. The molecule has 3 rings (SSSR count). The Kier molecular flexibility index (Phi) is 9.33. The summed E-state index contributed by atoms with van der Waals surface area (Å²) < 4.78 is 24.8. The molecule has 0 spiro atoms. The molecule has 1 saturated carbocycles. The van der Waals surface area contributed by atoms with Crippen LogP contribution in [0.3, 0.4) is 0 Å². The Labute approximate surface area is 191 Å². The Balaban J connectivity index is 1.48. The fourth-order valence-electron chi connectivity index (χ4n) is 4.36. The van der Waals surface area contributed by atoms with Gasteiger partial charge in [-0.25, -0.2) is 4.39 Å². The second kappa shape index (κ2) is 12.2. The molecule has 0 aromatic heterocycles. The first-order valence-corrected chi connectivity index (χ1v) is 11.6. The summed E-state index contributed by atoms with van der Waals surface area (Å²) in [6.45, 7) is 4.03. The lowest BCUT2D eigenvalue weighted by Gasteiger charge is -2.32. The van der Waals surface area contributed by atoms with Crippen LogP contribution in [0.15, 0.2) is 36.4 Å². The fraction of sp³-hybridized carbons (Fsp3) is 0.538. The minimum atomic E-state index is -0.553. The summed E-state index contributed by atoms with van der Waals surface area (Å²) in [6, 6.07) is 11.2. The molecule has 1 aliphatic carbocycles. The minimum Gasteiger partial charge on any atom is -0.493 e. The van der Waals surface area contributed by atoms with E-state index in [9.17, 15) is 9.50 Å². The largest absolute Gasteiger partial charge is 0.493 e. The predicted molar refractivity (Wildman–Crippen MR) is 126 cm³/mol. The molecule has 1 aliphatic rings. The highest BCUT2D eigenvalue weighted by molar-refractivity contribution is 5.43. The molecule has 5 nitrogen and oxygen atoms in total. The zero-order valence-corrected chi connectivity index (χ0v) is 19.6. The van der Waals surface area contributed by atoms with Gasteiger partial charge >= 0.3 is 0 Å². The van der Waals surface area contributed by atoms with E-state index in [4.69, 9.17) is 9.47 Å². The molecule has 0 radical (unpaired) electrons.